The third-order valence-electron chi connectivity index (χ3n) is 6.59. The van der Waals surface area contributed by atoms with E-state index in [-0.39, 0.29) is 12.1 Å². The SMILES string of the molecule is C=CN=C(C(=C)C)C1CCCC(c2nc3c(N4CCN(C)CC4)cccc3[nH]2)N1C. The highest BCUT2D eigenvalue weighted by Crippen LogP contribution is 2.35. The molecule has 0 spiro atoms. The number of H-pyrrole nitrogens is 1. The summed E-state index contributed by atoms with van der Waals surface area (Å²) in [7, 11) is 4.37. The number of para-hydroxylation sites is 1. The van der Waals surface area contributed by atoms with Crippen LogP contribution >= 0.6 is 0 Å². The molecule has 6 nitrogen and oxygen atoms in total. The number of aliphatic imine (C=N–C) groups is 1. The van der Waals surface area contributed by atoms with Gasteiger partial charge in [-0.1, -0.05) is 19.2 Å². The van der Waals surface area contributed by atoms with Gasteiger partial charge in [0.15, 0.2) is 0 Å². The van der Waals surface area contributed by atoms with E-state index < -0.39 is 0 Å². The van der Waals surface area contributed by atoms with Crippen LogP contribution in [0.15, 0.2) is 48.1 Å². The molecular weight excluding hydrogens is 372 g/mol. The Labute approximate surface area is 180 Å². The summed E-state index contributed by atoms with van der Waals surface area (Å²) < 4.78 is 0. The van der Waals surface area contributed by atoms with Crippen molar-refractivity contribution >= 4 is 22.4 Å². The van der Waals surface area contributed by atoms with Crippen LogP contribution in [0.25, 0.3) is 11.0 Å². The Morgan fingerprint density at radius 2 is 1.97 bits per heavy atom. The first kappa shape index (κ1) is 20.8. The molecule has 2 unspecified atom stereocenters. The van der Waals surface area contributed by atoms with Gasteiger partial charge in [0.25, 0.3) is 0 Å². The van der Waals surface area contributed by atoms with E-state index in [1.54, 1.807) is 6.20 Å². The van der Waals surface area contributed by atoms with Gasteiger partial charge < -0.3 is 14.8 Å². The first-order chi connectivity index (χ1) is 14.5. The first-order valence-corrected chi connectivity index (χ1v) is 11.0. The number of anilines is 1. The maximum atomic E-state index is 5.13. The molecule has 1 N–H and O–H groups in total. The molecule has 0 amide bonds. The van der Waals surface area contributed by atoms with E-state index in [2.05, 4.69) is 70.1 Å². The Hall–Kier alpha value is -2.44. The zero-order valence-electron chi connectivity index (χ0n) is 18.6. The first-order valence-electron chi connectivity index (χ1n) is 11.0. The molecule has 2 aliphatic rings. The quantitative estimate of drug-likeness (QED) is 0.763. The number of nitrogens with zero attached hydrogens (tertiary/aromatic N) is 5. The predicted octanol–water partition coefficient (Wildman–Crippen LogP) is 4.00. The number of fused-ring (bicyclic) bond motifs is 1. The lowest BCUT2D eigenvalue weighted by molar-refractivity contribution is 0.148. The van der Waals surface area contributed by atoms with E-state index in [0.717, 1.165) is 73.6 Å². The number of aromatic amines is 1. The number of rotatable bonds is 5. The largest absolute Gasteiger partial charge is 0.367 e. The van der Waals surface area contributed by atoms with Gasteiger partial charge in [-0.05, 0) is 58.0 Å². The van der Waals surface area contributed by atoms with Gasteiger partial charge >= 0.3 is 0 Å². The Balaban J connectivity index is 1.64. The van der Waals surface area contributed by atoms with Crippen LogP contribution < -0.4 is 4.90 Å². The summed E-state index contributed by atoms with van der Waals surface area (Å²) in [6.07, 6.45) is 4.95. The van der Waals surface area contributed by atoms with Gasteiger partial charge in [-0.25, -0.2) is 4.98 Å². The Morgan fingerprint density at radius 1 is 1.20 bits per heavy atom. The molecule has 3 heterocycles. The lowest BCUT2D eigenvalue weighted by Gasteiger charge is -2.39. The molecule has 2 aromatic rings. The van der Waals surface area contributed by atoms with Crippen LogP contribution in [-0.4, -0.2) is 71.8 Å². The summed E-state index contributed by atoms with van der Waals surface area (Å²) in [4.78, 5) is 20.6. The molecule has 2 saturated heterocycles. The van der Waals surface area contributed by atoms with E-state index >= 15 is 0 Å². The van der Waals surface area contributed by atoms with Crippen LogP contribution in [0, 0.1) is 0 Å². The van der Waals surface area contributed by atoms with Crippen LogP contribution in [0.1, 0.15) is 38.1 Å². The fraction of sp³-hybridized carbons (Fsp3) is 0.500. The van der Waals surface area contributed by atoms with Gasteiger partial charge in [-0.15, -0.1) is 0 Å². The second-order valence-corrected chi connectivity index (χ2v) is 8.69. The Morgan fingerprint density at radius 3 is 2.67 bits per heavy atom. The molecule has 6 heteroatoms. The number of aromatic nitrogens is 2. The number of nitrogens with one attached hydrogen (secondary N) is 1. The summed E-state index contributed by atoms with van der Waals surface area (Å²) in [5.41, 5.74) is 5.50. The van der Waals surface area contributed by atoms with Gasteiger partial charge in [0.2, 0.25) is 0 Å². The maximum absolute atomic E-state index is 5.13. The number of likely N-dealkylation sites (N-methyl/N-ethyl adjacent to an activating group) is 1. The predicted molar refractivity (Wildman–Crippen MR) is 126 cm³/mol. The number of likely N-dealkylation sites (tertiary alicyclic amines) is 1. The van der Waals surface area contributed by atoms with E-state index in [4.69, 9.17) is 4.98 Å². The second-order valence-electron chi connectivity index (χ2n) is 8.69. The number of benzene rings is 1. The minimum atomic E-state index is 0.240. The Kier molecular flexibility index (Phi) is 6.06. The third kappa shape index (κ3) is 3.94. The van der Waals surface area contributed by atoms with Crippen molar-refractivity contribution in [2.75, 3.05) is 45.2 Å². The van der Waals surface area contributed by atoms with Crippen LogP contribution in [0.2, 0.25) is 0 Å². The number of hydrogen-bond acceptors (Lipinski definition) is 5. The van der Waals surface area contributed by atoms with Gasteiger partial charge in [0.05, 0.1) is 29.0 Å². The highest BCUT2D eigenvalue weighted by atomic mass is 15.3. The van der Waals surface area contributed by atoms with Crippen molar-refractivity contribution in [2.45, 2.75) is 38.3 Å². The van der Waals surface area contributed by atoms with Gasteiger partial charge in [-0.2, -0.15) is 0 Å². The lowest BCUT2D eigenvalue weighted by atomic mass is 9.90. The van der Waals surface area contributed by atoms with E-state index in [0.29, 0.717) is 0 Å². The van der Waals surface area contributed by atoms with Crippen LogP contribution in [0.3, 0.4) is 0 Å². The summed E-state index contributed by atoms with van der Waals surface area (Å²) >= 11 is 0. The van der Waals surface area contributed by atoms with E-state index in [1.807, 2.05) is 6.92 Å². The van der Waals surface area contributed by atoms with Crippen LogP contribution in [0.4, 0.5) is 5.69 Å². The van der Waals surface area contributed by atoms with E-state index in [1.165, 1.54) is 5.69 Å². The minimum absolute atomic E-state index is 0.240. The highest BCUT2D eigenvalue weighted by Gasteiger charge is 2.33. The molecule has 0 bridgehead atoms. The van der Waals surface area contributed by atoms with Crippen molar-refractivity contribution in [3.8, 4) is 0 Å². The van der Waals surface area contributed by atoms with Crippen LogP contribution in [-0.2, 0) is 0 Å². The van der Waals surface area contributed by atoms with Crippen LogP contribution in [0.5, 0.6) is 0 Å². The van der Waals surface area contributed by atoms with Gasteiger partial charge in [0, 0.05) is 32.4 Å². The Bertz CT molecular complexity index is 950. The topological polar surface area (TPSA) is 50.8 Å². The summed E-state index contributed by atoms with van der Waals surface area (Å²) in [6.45, 7) is 14.2. The zero-order valence-corrected chi connectivity index (χ0v) is 18.6. The molecule has 0 radical (unpaired) electrons. The molecule has 1 aromatic carbocycles. The van der Waals surface area contributed by atoms with Gasteiger partial charge in [-0.3, -0.25) is 9.89 Å². The molecule has 2 fully saturated rings. The number of piperidine rings is 1. The highest BCUT2D eigenvalue weighted by molar-refractivity contribution is 6.03. The molecule has 30 heavy (non-hydrogen) atoms. The normalized spacial score (nSPS) is 24.4. The van der Waals surface area contributed by atoms with Crippen molar-refractivity contribution < 1.29 is 0 Å². The minimum Gasteiger partial charge on any atom is -0.367 e. The van der Waals surface area contributed by atoms with Gasteiger partial charge in [0.1, 0.15) is 11.3 Å². The summed E-state index contributed by atoms with van der Waals surface area (Å²) in [5, 5.41) is 0. The average molecular weight is 407 g/mol. The standard InChI is InChI=1S/C24H34N6/c1-6-25-22(17(2)3)19-10-8-12-21(29(19)5)24-26-18-9-7-11-20(23(18)27-24)30-15-13-28(4)14-16-30/h6-7,9,11,19,21H,1-2,8,10,12-16H2,3-5H3,(H,26,27). The van der Waals surface area contributed by atoms with Crippen molar-refractivity contribution in [1.82, 2.24) is 19.8 Å². The monoisotopic (exact) mass is 406 g/mol. The fourth-order valence-electron chi connectivity index (χ4n) is 4.86. The molecular formula is C24H34N6. The molecule has 0 saturated carbocycles. The lowest BCUT2D eigenvalue weighted by Crippen LogP contribution is -2.44. The van der Waals surface area contributed by atoms with Crippen molar-refractivity contribution in [3.63, 3.8) is 0 Å². The van der Waals surface area contributed by atoms with Crippen molar-refractivity contribution in [1.29, 1.82) is 0 Å². The smallest absolute Gasteiger partial charge is 0.124 e. The van der Waals surface area contributed by atoms with E-state index in [9.17, 15) is 0 Å². The molecule has 160 valence electrons. The average Bonchev–Trinajstić information content (AvgIpc) is 3.17. The third-order valence-corrected chi connectivity index (χ3v) is 6.59. The summed E-state index contributed by atoms with van der Waals surface area (Å²) in [6, 6.07) is 6.97. The number of hydrogen-bond donors (Lipinski definition) is 1. The molecule has 0 aliphatic carbocycles. The molecule has 4 rings (SSSR count). The fourth-order valence-corrected chi connectivity index (χ4v) is 4.86. The second kappa shape index (κ2) is 8.74. The van der Waals surface area contributed by atoms with Crippen molar-refractivity contribution in [3.05, 3.63) is 49.0 Å². The van der Waals surface area contributed by atoms with Crippen molar-refractivity contribution in [2.24, 2.45) is 4.99 Å². The maximum Gasteiger partial charge on any atom is 0.124 e. The molecule has 2 aliphatic heterocycles. The summed E-state index contributed by atoms with van der Waals surface area (Å²) in [5.74, 6) is 1.05. The number of imidazole rings is 1. The number of piperazine rings is 1. The zero-order chi connectivity index (χ0) is 21.3. The molecule has 1 aromatic heterocycles. The molecule has 2 atom stereocenters.